The minimum atomic E-state index is -0.685. The predicted molar refractivity (Wildman–Crippen MR) is 71.6 cm³/mol. The fraction of sp³-hybridized carbons (Fsp3) is 0.250. The summed E-state index contributed by atoms with van der Waals surface area (Å²) in [5.74, 6) is 0.0219. The van der Waals surface area contributed by atoms with Gasteiger partial charge in [-0.15, -0.1) is 0 Å². The zero-order chi connectivity index (χ0) is 13.7. The molecule has 2 rings (SSSR count). The molecule has 1 aromatic heterocycles. The summed E-state index contributed by atoms with van der Waals surface area (Å²) in [5.41, 5.74) is 1.82. The SMILES string of the molecule is Cc1cccc(C(C#N)C(=O)CCc2ccco2)c1. The Labute approximate surface area is 112 Å². The highest BCUT2D eigenvalue weighted by molar-refractivity contribution is 5.88. The van der Waals surface area contributed by atoms with Gasteiger partial charge in [0.15, 0.2) is 5.78 Å². The van der Waals surface area contributed by atoms with Crippen LogP contribution in [-0.4, -0.2) is 5.78 Å². The molecule has 0 aliphatic carbocycles. The van der Waals surface area contributed by atoms with Gasteiger partial charge in [-0.3, -0.25) is 4.79 Å². The Kier molecular flexibility index (Phi) is 4.15. The fourth-order valence-electron chi connectivity index (χ4n) is 2.03. The van der Waals surface area contributed by atoms with Gasteiger partial charge in [-0.1, -0.05) is 29.8 Å². The van der Waals surface area contributed by atoms with Gasteiger partial charge < -0.3 is 4.42 Å². The van der Waals surface area contributed by atoms with Crippen LogP contribution in [-0.2, 0) is 11.2 Å². The largest absolute Gasteiger partial charge is 0.469 e. The third kappa shape index (κ3) is 3.32. The molecule has 0 N–H and O–H groups in total. The van der Waals surface area contributed by atoms with Gasteiger partial charge >= 0.3 is 0 Å². The number of hydrogen-bond donors (Lipinski definition) is 0. The molecule has 0 saturated heterocycles. The number of Topliss-reactive ketones (excluding diaryl/α,β-unsaturated/α-hetero) is 1. The number of nitrogens with zero attached hydrogens (tertiary/aromatic N) is 1. The Hall–Kier alpha value is -2.34. The lowest BCUT2D eigenvalue weighted by atomic mass is 9.92. The Morgan fingerprint density at radius 2 is 2.21 bits per heavy atom. The van der Waals surface area contributed by atoms with Crippen LogP contribution in [0.25, 0.3) is 0 Å². The summed E-state index contributed by atoms with van der Waals surface area (Å²) >= 11 is 0. The van der Waals surface area contributed by atoms with Crippen LogP contribution in [0.1, 0.15) is 29.2 Å². The van der Waals surface area contributed by atoms with Crippen molar-refractivity contribution in [1.29, 1.82) is 5.26 Å². The molecule has 1 atom stereocenters. The van der Waals surface area contributed by atoms with Gasteiger partial charge in [0, 0.05) is 12.8 Å². The van der Waals surface area contributed by atoms with Crippen molar-refractivity contribution in [1.82, 2.24) is 0 Å². The van der Waals surface area contributed by atoms with Gasteiger partial charge in [0.05, 0.1) is 12.3 Å². The van der Waals surface area contributed by atoms with E-state index in [2.05, 4.69) is 6.07 Å². The number of ketones is 1. The number of furan rings is 1. The van der Waals surface area contributed by atoms with E-state index in [1.165, 1.54) is 0 Å². The van der Waals surface area contributed by atoms with E-state index in [4.69, 9.17) is 4.42 Å². The first-order valence-electron chi connectivity index (χ1n) is 6.22. The number of hydrogen-bond acceptors (Lipinski definition) is 3. The van der Waals surface area contributed by atoms with Crippen LogP contribution in [0.3, 0.4) is 0 Å². The van der Waals surface area contributed by atoms with Crippen LogP contribution >= 0.6 is 0 Å². The van der Waals surface area contributed by atoms with E-state index >= 15 is 0 Å². The molecule has 19 heavy (non-hydrogen) atoms. The first-order chi connectivity index (χ1) is 9.20. The standard InChI is InChI=1S/C16H15NO2/c1-12-4-2-5-13(10-12)15(11-17)16(18)8-7-14-6-3-9-19-14/h2-6,9-10,15H,7-8H2,1H3. The van der Waals surface area contributed by atoms with Gasteiger partial charge in [0.25, 0.3) is 0 Å². The van der Waals surface area contributed by atoms with Gasteiger partial charge in [0.1, 0.15) is 11.7 Å². The van der Waals surface area contributed by atoms with Gasteiger partial charge in [0.2, 0.25) is 0 Å². The van der Waals surface area contributed by atoms with E-state index in [-0.39, 0.29) is 5.78 Å². The highest BCUT2D eigenvalue weighted by atomic mass is 16.3. The third-order valence-electron chi connectivity index (χ3n) is 3.02. The molecular weight excluding hydrogens is 238 g/mol. The molecule has 0 amide bonds. The van der Waals surface area contributed by atoms with E-state index < -0.39 is 5.92 Å². The molecule has 0 aliphatic heterocycles. The van der Waals surface area contributed by atoms with E-state index in [0.717, 1.165) is 16.9 Å². The first-order valence-corrected chi connectivity index (χ1v) is 6.22. The van der Waals surface area contributed by atoms with Crippen LogP contribution in [0.15, 0.2) is 47.1 Å². The summed E-state index contributed by atoms with van der Waals surface area (Å²) in [5, 5.41) is 9.20. The second-order valence-electron chi connectivity index (χ2n) is 4.52. The quantitative estimate of drug-likeness (QED) is 0.820. The summed E-state index contributed by atoms with van der Waals surface area (Å²) in [4.78, 5) is 12.1. The van der Waals surface area contributed by atoms with Crippen molar-refractivity contribution in [3.05, 3.63) is 59.5 Å². The minimum absolute atomic E-state index is 0.0653. The van der Waals surface area contributed by atoms with Crippen molar-refractivity contribution < 1.29 is 9.21 Å². The van der Waals surface area contributed by atoms with Crippen molar-refractivity contribution in [2.75, 3.05) is 0 Å². The number of rotatable bonds is 5. The van der Waals surface area contributed by atoms with E-state index in [9.17, 15) is 10.1 Å². The van der Waals surface area contributed by atoms with Crippen LogP contribution in [0.4, 0.5) is 0 Å². The smallest absolute Gasteiger partial charge is 0.154 e. The first kappa shape index (κ1) is 13.1. The third-order valence-corrected chi connectivity index (χ3v) is 3.02. The number of aryl methyl sites for hydroxylation is 2. The second-order valence-corrected chi connectivity index (χ2v) is 4.52. The van der Waals surface area contributed by atoms with Crippen molar-refractivity contribution in [2.45, 2.75) is 25.7 Å². The number of carbonyl (C=O) groups excluding carboxylic acids is 1. The lowest BCUT2D eigenvalue weighted by Crippen LogP contribution is -2.11. The maximum Gasteiger partial charge on any atom is 0.154 e. The molecule has 2 aromatic rings. The number of carbonyl (C=O) groups is 1. The van der Waals surface area contributed by atoms with E-state index in [1.54, 1.807) is 12.3 Å². The molecular formula is C16H15NO2. The summed E-state index contributed by atoms with van der Waals surface area (Å²) in [6, 6.07) is 13.3. The van der Waals surface area contributed by atoms with Gasteiger partial charge in [-0.05, 0) is 24.6 Å². The molecule has 0 saturated carbocycles. The lowest BCUT2D eigenvalue weighted by Gasteiger charge is -2.08. The molecule has 0 fully saturated rings. The normalized spacial score (nSPS) is 11.8. The zero-order valence-electron chi connectivity index (χ0n) is 10.8. The highest BCUT2D eigenvalue weighted by Gasteiger charge is 2.20. The summed E-state index contributed by atoms with van der Waals surface area (Å²) in [6.45, 7) is 1.95. The summed E-state index contributed by atoms with van der Waals surface area (Å²) in [6.07, 6.45) is 2.44. The number of benzene rings is 1. The van der Waals surface area contributed by atoms with Crippen molar-refractivity contribution >= 4 is 5.78 Å². The average molecular weight is 253 g/mol. The van der Waals surface area contributed by atoms with Crippen LogP contribution in [0, 0.1) is 18.3 Å². The van der Waals surface area contributed by atoms with Crippen molar-refractivity contribution in [3.63, 3.8) is 0 Å². The summed E-state index contributed by atoms with van der Waals surface area (Å²) < 4.78 is 5.19. The van der Waals surface area contributed by atoms with E-state index in [1.807, 2.05) is 37.3 Å². The predicted octanol–water partition coefficient (Wildman–Crippen LogP) is 3.40. The van der Waals surface area contributed by atoms with Crippen LogP contribution in [0.5, 0.6) is 0 Å². The second kappa shape index (κ2) is 6.01. The maximum absolute atomic E-state index is 12.1. The monoisotopic (exact) mass is 253 g/mol. The fourth-order valence-corrected chi connectivity index (χ4v) is 2.03. The zero-order valence-corrected chi connectivity index (χ0v) is 10.8. The summed E-state index contributed by atoms with van der Waals surface area (Å²) in [7, 11) is 0. The average Bonchev–Trinajstić information content (AvgIpc) is 2.90. The molecule has 0 spiro atoms. The molecule has 0 bridgehead atoms. The van der Waals surface area contributed by atoms with Crippen LogP contribution < -0.4 is 0 Å². The molecule has 0 radical (unpaired) electrons. The van der Waals surface area contributed by atoms with Gasteiger partial charge in [-0.2, -0.15) is 5.26 Å². The van der Waals surface area contributed by atoms with E-state index in [0.29, 0.717) is 12.8 Å². The lowest BCUT2D eigenvalue weighted by molar-refractivity contribution is -0.119. The Balaban J connectivity index is 2.05. The molecule has 0 aliphatic rings. The van der Waals surface area contributed by atoms with Crippen molar-refractivity contribution in [2.24, 2.45) is 0 Å². The van der Waals surface area contributed by atoms with Crippen LogP contribution in [0.2, 0.25) is 0 Å². The maximum atomic E-state index is 12.1. The molecule has 1 unspecified atom stereocenters. The Morgan fingerprint density at radius 3 is 2.84 bits per heavy atom. The molecule has 1 heterocycles. The van der Waals surface area contributed by atoms with Gasteiger partial charge in [-0.25, -0.2) is 0 Å². The number of nitriles is 1. The molecule has 3 nitrogen and oxygen atoms in total. The molecule has 1 aromatic carbocycles. The Morgan fingerprint density at radius 1 is 1.37 bits per heavy atom. The minimum Gasteiger partial charge on any atom is -0.469 e. The molecule has 3 heteroatoms. The van der Waals surface area contributed by atoms with Crippen molar-refractivity contribution in [3.8, 4) is 6.07 Å². The Bertz CT molecular complexity index is 593. The topological polar surface area (TPSA) is 54.0 Å². The highest BCUT2D eigenvalue weighted by Crippen LogP contribution is 2.20. The molecule has 96 valence electrons.